The number of rotatable bonds is 0. The van der Waals surface area contributed by atoms with Gasteiger partial charge in [-0.3, -0.25) is 9.78 Å². The number of nitrogen functional groups attached to an aromatic ring is 1. The van der Waals surface area contributed by atoms with E-state index in [4.69, 9.17) is 10.7 Å². The lowest BCUT2D eigenvalue weighted by Crippen LogP contribution is -2.31. The average Bonchev–Trinajstić information content (AvgIpc) is 3.24. The minimum Gasteiger partial charge on any atom is -0.381 e. The number of nitrogens with one attached hydrogen (secondary N) is 1. The van der Waals surface area contributed by atoms with Gasteiger partial charge < -0.3 is 16.0 Å². The third-order valence-electron chi connectivity index (χ3n) is 6.30. The molecule has 0 radical (unpaired) electrons. The second kappa shape index (κ2) is 6.01. The Morgan fingerprint density at radius 1 is 1.37 bits per heavy atom. The molecule has 0 spiro atoms. The summed E-state index contributed by atoms with van der Waals surface area (Å²) < 4.78 is 15.7. The predicted octanol–water partition coefficient (Wildman–Crippen LogP) is 2.19. The van der Waals surface area contributed by atoms with Crippen LogP contribution in [0.1, 0.15) is 41.0 Å². The van der Waals surface area contributed by atoms with E-state index < -0.39 is 0 Å². The molecule has 3 aromatic heterocycles. The Hall–Kier alpha value is -3.49. The molecule has 2 fully saturated rings. The zero-order valence-electron chi connectivity index (χ0n) is 16.3. The SMILES string of the molecule is C[C@@H]1/C=C/c2ncc(F)cc2[C@@H]2[C@@H]3C[C@@H]3CN2c2ccn3nc(N)c(c3n2)C(=O)N1. The smallest absolute Gasteiger partial charge is 0.259 e. The molecule has 6 rings (SSSR count). The van der Waals surface area contributed by atoms with E-state index in [0.717, 1.165) is 24.3 Å². The number of hydrogen-bond donors (Lipinski definition) is 2. The highest BCUT2D eigenvalue weighted by atomic mass is 19.1. The molecule has 3 N–H and O–H groups in total. The Labute approximate surface area is 171 Å². The van der Waals surface area contributed by atoms with Gasteiger partial charge in [0.05, 0.1) is 17.9 Å². The maximum atomic E-state index is 14.2. The first-order chi connectivity index (χ1) is 14.5. The molecular weight excluding hydrogens is 385 g/mol. The van der Waals surface area contributed by atoms with Crippen LogP contribution in [0.2, 0.25) is 0 Å². The Morgan fingerprint density at radius 2 is 2.23 bits per heavy atom. The number of halogens is 1. The van der Waals surface area contributed by atoms with Crippen molar-refractivity contribution in [2.75, 3.05) is 17.2 Å². The van der Waals surface area contributed by atoms with Crippen LogP contribution in [0.3, 0.4) is 0 Å². The van der Waals surface area contributed by atoms with Crippen LogP contribution in [0.15, 0.2) is 30.6 Å². The van der Waals surface area contributed by atoms with Crippen LogP contribution >= 0.6 is 0 Å². The summed E-state index contributed by atoms with van der Waals surface area (Å²) in [5, 5.41) is 7.14. The Bertz CT molecular complexity index is 1240. The summed E-state index contributed by atoms with van der Waals surface area (Å²) in [6.45, 7) is 2.69. The zero-order valence-corrected chi connectivity index (χ0v) is 16.3. The number of nitrogens with zero attached hydrogens (tertiary/aromatic N) is 5. The summed E-state index contributed by atoms with van der Waals surface area (Å²) in [4.78, 5) is 24.2. The molecule has 3 aromatic rings. The third kappa shape index (κ3) is 2.51. The monoisotopic (exact) mass is 405 g/mol. The minimum absolute atomic E-state index is 0.0174. The van der Waals surface area contributed by atoms with E-state index in [-0.39, 0.29) is 35.2 Å². The first-order valence-electron chi connectivity index (χ1n) is 10.1. The predicted molar refractivity (Wildman–Crippen MR) is 109 cm³/mol. The van der Waals surface area contributed by atoms with E-state index in [1.165, 1.54) is 10.7 Å². The highest BCUT2D eigenvalue weighted by molar-refractivity contribution is 6.04. The number of pyridine rings is 1. The number of nitrogens with two attached hydrogens (primary N) is 1. The van der Waals surface area contributed by atoms with Gasteiger partial charge in [-0.2, -0.15) is 0 Å². The maximum absolute atomic E-state index is 14.2. The first kappa shape index (κ1) is 17.4. The van der Waals surface area contributed by atoms with Gasteiger partial charge in [0.25, 0.3) is 5.91 Å². The van der Waals surface area contributed by atoms with Crippen LogP contribution in [0.4, 0.5) is 16.0 Å². The molecule has 9 heteroatoms. The quantitative estimate of drug-likeness (QED) is 0.595. The molecule has 3 aliphatic rings. The molecule has 1 aliphatic carbocycles. The number of anilines is 2. The molecule has 5 heterocycles. The highest BCUT2D eigenvalue weighted by Gasteiger charge is 2.54. The zero-order chi connectivity index (χ0) is 20.6. The maximum Gasteiger partial charge on any atom is 0.259 e. The molecule has 8 nitrogen and oxygen atoms in total. The molecule has 2 bridgehead atoms. The lowest BCUT2D eigenvalue weighted by Gasteiger charge is -2.29. The standard InChI is InChI=1S/C21H20FN7O/c1-10-2-3-15-14(7-12(22)8-24-15)18-13-6-11(13)9-28(18)16-4-5-29-20(26-16)17(19(23)27-29)21(30)25-10/h2-5,7-8,10-11,13,18H,6,9H2,1H3,(H2,23,27)(H,25,30)/b3-2+/t10-,11-,13-,18+/m1/s1. The molecule has 0 aromatic carbocycles. The Morgan fingerprint density at radius 3 is 3.10 bits per heavy atom. The van der Waals surface area contributed by atoms with E-state index in [1.54, 1.807) is 12.3 Å². The van der Waals surface area contributed by atoms with E-state index in [1.807, 2.05) is 25.1 Å². The van der Waals surface area contributed by atoms with Gasteiger partial charge in [-0.05, 0) is 43.4 Å². The topological polar surface area (TPSA) is 101 Å². The number of aromatic nitrogens is 4. The van der Waals surface area contributed by atoms with E-state index >= 15 is 0 Å². The number of piperidine rings is 1. The summed E-state index contributed by atoms with van der Waals surface area (Å²) in [6, 6.07) is 3.14. The summed E-state index contributed by atoms with van der Waals surface area (Å²) in [5.41, 5.74) is 8.28. The Kier molecular flexibility index (Phi) is 3.48. The van der Waals surface area contributed by atoms with E-state index in [2.05, 4.69) is 20.3 Å². The molecule has 4 atom stereocenters. The van der Waals surface area contributed by atoms with Gasteiger partial charge in [0, 0.05) is 24.3 Å². The second-order valence-corrected chi connectivity index (χ2v) is 8.32. The van der Waals surface area contributed by atoms with Crippen molar-refractivity contribution < 1.29 is 9.18 Å². The molecule has 1 amide bonds. The van der Waals surface area contributed by atoms with Gasteiger partial charge in [0.2, 0.25) is 0 Å². The number of hydrogen-bond acceptors (Lipinski definition) is 6. The van der Waals surface area contributed by atoms with Gasteiger partial charge in [0.1, 0.15) is 17.2 Å². The number of carbonyl (C=O) groups excluding carboxylic acids is 1. The largest absolute Gasteiger partial charge is 0.381 e. The van der Waals surface area contributed by atoms with Crippen molar-refractivity contribution in [1.29, 1.82) is 0 Å². The van der Waals surface area contributed by atoms with Crippen LogP contribution in [-0.4, -0.2) is 38.1 Å². The van der Waals surface area contributed by atoms with Gasteiger partial charge >= 0.3 is 0 Å². The fourth-order valence-electron chi connectivity index (χ4n) is 4.82. The van der Waals surface area contributed by atoms with E-state index in [9.17, 15) is 9.18 Å². The minimum atomic E-state index is -0.355. The van der Waals surface area contributed by atoms with Crippen LogP contribution in [0.5, 0.6) is 0 Å². The molecule has 1 saturated heterocycles. The first-order valence-corrected chi connectivity index (χ1v) is 10.1. The molecule has 152 valence electrons. The van der Waals surface area contributed by atoms with Crippen molar-refractivity contribution >= 4 is 29.3 Å². The van der Waals surface area contributed by atoms with Gasteiger partial charge in [-0.1, -0.05) is 6.08 Å². The molecule has 0 unspecified atom stereocenters. The van der Waals surface area contributed by atoms with Crippen molar-refractivity contribution in [3.8, 4) is 0 Å². The van der Waals surface area contributed by atoms with Crippen LogP contribution in [0, 0.1) is 17.7 Å². The lowest BCUT2D eigenvalue weighted by molar-refractivity contribution is 0.0949. The molecule has 2 aliphatic heterocycles. The normalized spacial score (nSPS) is 28.1. The van der Waals surface area contributed by atoms with Crippen molar-refractivity contribution in [3.63, 3.8) is 0 Å². The average molecular weight is 405 g/mol. The third-order valence-corrected chi connectivity index (χ3v) is 6.30. The summed E-state index contributed by atoms with van der Waals surface area (Å²) in [5.74, 6) is 1.16. The van der Waals surface area contributed by atoms with Gasteiger partial charge in [0.15, 0.2) is 11.5 Å². The van der Waals surface area contributed by atoms with Crippen molar-refractivity contribution in [1.82, 2.24) is 24.9 Å². The van der Waals surface area contributed by atoms with Gasteiger partial charge in [-0.25, -0.2) is 13.9 Å². The van der Waals surface area contributed by atoms with Crippen molar-refractivity contribution in [2.24, 2.45) is 11.8 Å². The van der Waals surface area contributed by atoms with Crippen LogP contribution in [-0.2, 0) is 0 Å². The summed E-state index contributed by atoms with van der Waals surface area (Å²) in [6.07, 6.45) is 7.81. The number of carbonyl (C=O) groups is 1. The highest BCUT2D eigenvalue weighted by Crippen LogP contribution is 2.57. The fourth-order valence-corrected chi connectivity index (χ4v) is 4.82. The summed E-state index contributed by atoms with van der Waals surface area (Å²) >= 11 is 0. The molecular formula is C21H20FN7O. The van der Waals surface area contributed by atoms with Crippen LogP contribution < -0.4 is 16.0 Å². The van der Waals surface area contributed by atoms with Gasteiger partial charge in [-0.15, -0.1) is 5.10 Å². The Balaban J connectivity index is 1.59. The van der Waals surface area contributed by atoms with Crippen molar-refractivity contribution in [2.45, 2.75) is 25.4 Å². The number of amides is 1. The van der Waals surface area contributed by atoms with Crippen molar-refractivity contribution in [3.05, 3.63) is 53.2 Å². The van der Waals surface area contributed by atoms with Crippen LogP contribution in [0.25, 0.3) is 11.7 Å². The van der Waals surface area contributed by atoms with E-state index in [0.29, 0.717) is 23.2 Å². The molecule has 1 saturated carbocycles. The number of fused-ring (bicyclic) bond motifs is 7. The molecule has 30 heavy (non-hydrogen) atoms. The lowest BCUT2D eigenvalue weighted by atomic mass is 9.99. The second-order valence-electron chi connectivity index (χ2n) is 8.32. The summed E-state index contributed by atoms with van der Waals surface area (Å²) in [7, 11) is 0. The fraction of sp³-hybridized carbons (Fsp3) is 0.333.